The predicted molar refractivity (Wildman–Crippen MR) is 91.6 cm³/mol. The van der Waals surface area contributed by atoms with E-state index in [4.69, 9.17) is 0 Å². The van der Waals surface area contributed by atoms with Crippen molar-refractivity contribution in [3.63, 3.8) is 0 Å². The Morgan fingerprint density at radius 3 is 2.65 bits per heavy atom. The minimum absolute atomic E-state index is 0.00706. The lowest BCUT2D eigenvalue weighted by Gasteiger charge is -2.23. The molecule has 1 aliphatic rings. The molecule has 3 rings (SSSR count). The average molecular weight is 309 g/mol. The number of rotatable bonds is 5. The van der Waals surface area contributed by atoms with Crippen LogP contribution in [0, 0.1) is 0 Å². The van der Waals surface area contributed by atoms with Gasteiger partial charge in [0.1, 0.15) is 0 Å². The topological polar surface area (TPSA) is 54.0 Å². The maximum Gasteiger partial charge on any atom is 0.251 e. The Kier molecular flexibility index (Phi) is 5.37. The molecule has 1 aliphatic heterocycles. The molecule has 120 valence electrons. The first-order chi connectivity index (χ1) is 11.3. The Hall–Kier alpha value is -2.20. The minimum Gasteiger partial charge on any atom is -0.352 e. The van der Waals surface area contributed by atoms with Crippen molar-refractivity contribution in [3.05, 3.63) is 65.5 Å². The van der Waals surface area contributed by atoms with Gasteiger partial charge < -0.3 is 10.6 Å². The van der Waals surface area contributed by atoms with Gasteiger partial charge in [0.25, 0.3) is 5.91 Å². The van der Waals surface area contributed by atoms with Gasteiger partial charge >= 0.3 is 0 Å². The van der Waals surface area contributed by atoms with E-state index in [1.54, 1.807) is 12.4 Å². The maximum absolute atomic E-state index is 12.2. The van der Waals surface area contributed by atoms with Crippen LogP contribution in [0.15, 0.2) is 48.8 Å². The van der Waals surface area contributed by atoms with Crippen molar-refractivity contribution in [1.82, 2.24) is 15.6 Å². The van der Waals surface area contributed by atoms with Crippen LogP contribution in [0.4, 0.5) is 0 Å². The molecule has 23 heavy (non-hydrogen) atoms. The van der Waals surface area contributed by atoms with E-state index in [1.807, 2.05) is 24.3 Å². The van der Waals surface area contributed by atoms with Gasteiger partial charge in [0.05, 0.1) is 0 Å². The first-order valence-electron chi connectivity index (χ1n) is 8.31. The molecular weight excluding hydrogens is 286 g/mol. The number of nitrogens with zero attached hydrogens (tertiary/aromatic N) is 1. The lowest BCUT2D eigenvalue weighted by molar-refractivity contribution is 0.0954. The minimum atomic E-state index is -0.00706. The molecule has 1 aromatic carbocycles. The number of carbonyl (C=O) groups is 1. The molecular formula is C19H23N3O. The molecule has 1 fully saturated rings. The van der Waals surface area contributed by atoms with Gasteiger partial charge in [-0.25, -0.2) is 0 Å². The first kappa shape index (κ1) is 15.7. The van der Waals surface area contributed by atoms with E-state index < -0.39 is 0 Å². The highest BCUT2D eigenvalue weighted by molar-refractivity contribution is 5.94. The quantitative estimate of drug-likeness (QED) is 0.892. The molecule has 0 radical (unpaired) electrons. The van der Waals surface area contributed by atoms with Crippen LogP contribution >= 0.6 is 0 Å². The van der Waals surface area contributed by atoms with Gasteiger partial charge in [-0.15, -0.1) is 0 Å². The summed E-state index contributed by atoms with van der Waals surface area (Å²) in [6.07, 6.45) is 6.82. The van der Waals surface area contributed by atoms with Crippen molar-refractivity contribution >= 4 is 5.91 Å². The van der Waals surface area contributed by atoms with E-state index >= 15 is 0 Å². The molecule has 0 unspecified atom stereocenters. The normalized spacial score (nSPS) is 17.7. The highest BCUT2D eigenvalue weighted by Gasteiger charge is 2.15. The standard InChI is InChI=1S/C19H23N3O/c23-19(22-13-9-15-7-11-20-12-8-15)17-5-3-16(4-6-17)18-2-1-10-21-14-18/h3-8,11-12,18,21H,1-2,9-10,13-14H2,(H,22,23)/t18-/m0/s1. The molecule has 0 bridgehead atoms. The van der Waals surface area contributed by atoms with Gasteiger partial charge in [0, 0.05) is 31.0 Å². The maximum atomic E-state index is 12.2. The van der Waals surface area contributed by atoms with E-state index in [0.29, 0.717) is 12.5 Å². The second-order valence-electron chi connectivity index (χ2n) is 6.03. The Bertz CT molecular complexity index is 619. The monoisotopic (exact) mass is 309 g/mol. The fourth-order valence-corrected chi connectivity index (χ4v) is 3.01. The second kappa shape index (κ2) is 7.88. The highest BCUT2D eigenvalue weighted by atomic mass is 16.1. The van der Waals surface area contributed by atoms with Crippen molar-refractivity contribution < 1.29 is 4.79 Å². The van der Waals surface area contributed by atoms with E-state index in [2.05, 4.69) is 27.8 Å². The lowest BCUT2D eigenvalue weighted by Crippen LogP contribution is -2.28. The van der Waals surface area contributed by atoms with E-state index in [-0.39, 0.29) is 5.91 Å². The SMILES string of the molecule is O=C(NCCc1ccncc1)c1ccc([C@H]2CCCNC2)cc1. The third kappa shape index (κ3) is 4.39. The van der Waals surface area contributed by atoms with Crippen molar-refractivity contribution in [2.45, 2.75) is 25.2 Å². The number of amides is 1. The van der Waals surface area contributed by atoms with Crippen LogP contribution in [0.2, 0.25) is 0 Å². The largest absolute Gasteiger partial charge is 0.352 e. The van der Waals surface area contributed by atoms with Crippen LogP contribution in [0.25, 0.3) is 0 Å². The number of nitrogens with one attached hydrogen (secondary N) is 2. The Balaban J connectivity index is 1.51. The molecule has 0 saturated carbocycles. The lowest BCUT2D eigenvalue weighted by atomic mass is 9.91. The van der Waals surface area contributed by atoms with Gasteiger partial charge in [0.2, 0.25) is 0 Å². The van der Waals surface area contributed by atoms with Crippen LogP contribution < -0.4 is 10.6 Å². The third-order valence-electron chi connectivity index (χ3n) is 4.39. The molecule has 1 saturated heterocycles. The summed E-state index contributed by atoms with van der Waals surface area (Å²) in [6.45, 7) is 2.79. The number of hydrogen-bond acceptors (Lipinski definition) is 3. The van der Waals surface area contributed by atoms with Gasteiger partial charge in [-0.05, 0) is 67.1 Å². The van der Waals surface area contributed by atoms with Crippen molar-refractivity contribution in [2.24, 2.45) is 0 Å². The molecule has 2 heterocycles. The van der Waals surface area contributed by atoms with Gasteiger partial charge in [-0.2, -0.15) is 0 Å². The zero-order chi connectivity index (χ0) is 15.9. The molecule has 1 atom stereocenters. The average Bonchev–Trinajstić information content (AvgIpc) is 2.63. The summed E-state index contributed by atoms with van der Waals surface area (Å²) in [6, 6.07) is 12.0. The highest BCUT2D eigenvalue weighted by Crippen LogP contribution is 2.23. The van der Waals surface area contributed by atoms with Crippen molar-refractivity contribution in [1.29, 1.82) is 0 Å². The molecule has 2 N–H and O–H groups in total. The number of piperidine rings is 1. The Morgan fingerprint density at radius 1 is 1.17 bits per heavy atom. The smallest absolute Gasteiger partial charge is 0.251 e. The van der Waals surface area contributed by atoms with Crippen LogP contribution in [0.3, 0.4) is 0 Å². The summed E-state index contributed by atoms with van der Waals surface area (Å²) in [5, 5.41) is 6.41. The Morgan fingerprint density at radius 2 is 1.96 bits per heavy atom. The molecule has 4 nitrogen and oxygen atoms in total. The molecule has 1 amide bonds. The first-order valence-corrected chi connectivity index (χ1v) is 8.31. The van der Waals surface area contributed by atoms with Crippen LogP contribution in [-0.4, -0.2) is 30.5 Å². The van der Waals surface area contributed by atoms with Crippen molar-refractivity contribution in [3.8, 4) is 0 Å². The third-order valence-corrected chi connectivity index (χ3v) is 4.39. The fraction of sp³-hybridized carbons (Fsp3) is 0.368. The van der Waals surface area contributed by atoms with Gasteiger partial charge in [0.15, 0.2) is 0 Å². The van der Waals surface area contributed by atoms with Crippen molar-refractivity contribution in [2.75, 3.05) is 19.6 Å². The number of pyridine rings is 1. The summed E-state index contributed by atoms with van der Waals surface area (Å²) < 4.78 is 0. The Labute approximate surface area is 137 Å². The summed E-state index contributed by atoms with van der Waals surface area (Å²) in [5.74, 6) is 0.569. The molecule has 0 aliphatic carbocycles. The number of benzene rings is 1. The summed E-state index contributed by atoms with van der Waals surface area (Å²) in [5.41, 5.74) is 3.23. The van der Waals surface area contributed by atoms with Crippen LogP contribution in [0.1, 0.15) is 40.2 Å². The number of carbonyl (C=O) groups excluding carboxylic acids is 1. The molecule has 4 heteroatoms. The fourth-order valence-electron chi connectivity index (χ4n) is 3.01. The second-order valence-corrected chi connectivity index (χ2v) is 6.03. The molecule has 0 spiro atoms. The summed E-state index contributed by atoms with van der Waals surface area (Å²) in [7, 11) is 0. The summed E-state index contributed by atoms with van der Waals surface area (Å²) >= 11 is 0. The van der Waals surface area contributed by atoms with Gasteiger partial charge in [-0.1, -0.05) is 12.1 Å². The summed E-state index contributed by atoms with van der Waals surface area (Å²) in [4.78, 5) is 16.2. The van der Waals surface area contributed by atoms with Gasteiger partial charge in [-0.3, -0.25) is 9.78 Å². The van der Waals surface area contributed by atoms with E-state index in [9.17, 15) is 4.79 Å². The zero-order valence-corrected chi connectivity index (χ0v) is 13.3. The van der Waals surface area contributed by atoms with E-state index in [0.717, 1.165) is 25.1 Å². The molecule has 2 aromatic rings. The van der Waals surface area contributed by atoms with E-state index in [1.165, 1.54) is 24.0 Å². The zero-order valence-electron chi connectivity index (χ0n) is 13.3. The predicted octanol–water partition coefficient (Wildman–Crippen LogP) is 2.52. The number of hydrogen-bond donors (Lipinski definition) is 2. The van der Waals surface area contributed by atoms with Crippen LogP contribution in [0.5, 0.6) is 0 Å². The van der Waals surface area contributed by atoms with Crippen LogP contribution in [-0.2, 0) is 6.42 Å². The number of aromatic nitrogens is 1. The molecule has 1 aromatic heterocycles.